The van der Waals surface area contributed by atoms with E-state index < -0.39 is 24.0 Å². The van der Waals surface area contributed by atoms with Crippen molar-refractivity contribution in [1.82, 2.24) is 10.2 Å². The summed E-state index contributed by atoms with van der Waals surface area (Å²) in [6.07, 6.45) is 1.02. The molecular formula is C26H30N2O5S. The normalized spacial score (nSPS) is 19.9. The van der Waals surface area contributed by atoms with Gasteiger partial charge in [-0.05, 0) is 28.7 Å². The van der Waals surface area contributed by atoms with Crippen molar-refractivity contribution in [1.29, 1.82) is 0 Å². The first-order valence-corrected chi connectivity index (χ1v) is 12.7. The van der Waals surface area contributed by atoms with Gasteiger partial charge in [-0.25, -0.2) is 9.59 Å². The lowest BCUT2D eigenvalue weighted by Crippen LogP contribution is -2.49. The lowest BCUT2D eigenvalue weighted by molar-refractivity contribution is -0.150. The number of carbonyl (C=O) groups is 3. The molecule has 7 nitrogen and oxygen atoms in total. The number of fused-ring (bicyclic) bond motifs is 3. The van der Waals surface area contributed by atoms with Crippen LogP contribution in [0.3, 0.4) is 0 Å². The molecule has 1 heterocycles. The van der Waals surface area contributed by atoms with Crippen LogP contribution >= 0.6 is 11.8 Å². The summed E-state index contributed by atoms with van der Waals surface area (Å²) in [5, 5.41) is 12.1. The molecule has 0 radical (unpaired) electrons. The van der Waals surface area contributed by atoms with Gasteiger partial charge in [0.15, 0.2) is 0 Å². The summed E-state index contributed by atoms with van der Waals surface area (Å²) in [4.78, 5) is 38.6. The third-order valence-corrected chi connectivity index (χ3v) is 7.84. The number of ether oxygens (including phenoxy) is 1. The van der Waals surface area contributed by atoms with Crippen LogP contribution in [0.2, 0.25) is 0 Å². The van der Waals surface area contributed by atoms with Crippen molar-refractivity contribution >= 4 is 29.7 Å². The van der Waals surface area contributed by atoms with Crippen LogP contribution < -0.4 is 5.32 Å². The molecule has 3 unspecified atom stereocenters. The van der Waals surface area contributed by atoms with Crippen molar-refractivity contribution in [2.75, 3.05) is 18.9 Å². The number of nitrogens with one attached hydrogen (secondary N) is 1. The molecular weight excluding hydrogens is 452 g/mol. The fourth-order valence-corrected chi connectivity index (χ4v) is 6.27. The summed E-state index contributed by atoms with van der Waals surface area (Å²) < 4.78 is 5.54. The number of benzene rings is 2. The van der Waals surface area contributed by atoms with Gasteiger partial charge in [0.05, 0.1) is 11.3 Å². The minimum Gasteiger partial charge on any atom is -0.480 e. The fourth-order valence-electron chi connectivity index (χ4n) is 4.75. The van der Waals surface area contributed by atoms with Crippen LogP contribution in [0.4, 0.5) is 4.79 Å². The summed E-state index contributed by atoms with van der Waals surface area (Å²) in [5.41, 5.74) is 4.58. The molecule has 0 aromatic heterocycles. The smallest absolute Gasteiger partial charge is 0.407 e. The van der Waals surface area contributed by atoms with Crippen LogP contribution in [0.1, 0.15) is 43.7 Å². The lowest BCUT2D eigenvalue weighted by atomic mass is 9.98. The molecule has 1 saturated heterocycles. The Morgan fingerprint density at radius 3 is 2.32 bits per heavy atom. The number of aliphatic carboxylic acids is 1. The van der Waals surface area contributed by atoms with Crippen molar-refractivity contribution in [2.24, 2.45) is 5.92 Å². The Labute approximate surface area is 203 Å². The topological polar surface area (TPSA) is 95.9 Å². The van der Waals surface area contributed by atoms with E-state index in [9.17, 15) is 19.5 Å². The lowest BCUT2D eigenvalue weighted by Gasteiger charge is -2.29. The highest BCUT2D eigenvalue weighted by molar-refractivity contribution is 8.00. The van der Waals surface area contributed by atoms with E-state index in [1.54, 1.807) is 6.92 Å². The Balaban J connectivity index is 1.34. The molecule has 0 bridgehead atoms. The third kappa shape index (κ3) is 4.78. The maximum Gasteiger partial charge on any atom is 0.407 e. The van der Waals surface area contributed by atoms with Gasteiger partial charge in [0.2, 0.25) is 5.91 Å². The maximum atomic E-state index is 13.1. The highest BCUT2D eigenvalue weighted by atomic mass is 32.2. The maximum absolute atomic E-state index is 13.1. The number of thioether (sulfide) groups is 1. The molecule has 2 amide bonds. The van der Waals surface area contributed by atoms with Gasteiger partial charge < -0.3 is 20.1 Å². The van der Waals surface area contributed by atoms with E-state index in [4.69, 9.17) is 4.74 Å². The molecule has 2 aromatic carbocycles. The molecule has 0 saturated carbocycles. The molecule has 3 atom stereocenters. The Morgan fingerprint density at radius 1 is 1.12 bits per heavy atom. The average molecular weight is 483 g/mol. The van der Waals surface area contributed by atoms with E-state index in [1.165, 1.54) is 16.7 Å². The molecule has 1 fully saturated rings. The monoisotopic (exact) mass is 482 g/mol. The number of carbonyl (C=O) groups excluding carboxylic acids is 2. The summed E-state index contributed by atoms with van der Waals surface area (Å²) in [6, 6.07) is 15.4. The van der Waals surface area contributed by atoms with Crippen LogP contribution in [0.5, 0.6) is 0 Å². The number of alkyl carbamates (subject to hydrolysis) is 1. The van der Waals surface area contributed by atoms with E-state index in [-0.39, 0.29) is 30.4 Å². The predicted molar refractivity (Wildman–Crippen MR) is 132 cm³/mol. The highest BCUT2D eigenvalue weighted by Crippen LogP contribution is 2.44. The molecule has 1 aliphatic carbocycles. The number of nitrogens with zero attached hydrogens (tertiary/aromatic N) is 1. The second-order valence-electron chi connectivity index (χ2n) is 8.78. The van der Waals surface area contributed by atoms with Crippen molar-refractivity contribution in [2.45, 2.75) is 44.0 Å². The molecule has 0 spiro atoms. The van der Waals surface area contributed by atoms with E-state index >= 15 is 0 Å². The van der Waals surface area contributed by atoms with Crippen LogP contribution in [-0.4, -0.2) is 58.3 Å². The van der Waals surface area contributed by atoms with Crippen LogP contribution in [0.15, 0.2) is 48.5 Å². The number of rotatable bonds is 8. The van der Waals surface area contributed by atoms with E-state index in [0.717, 1.165) is 35.1 Å². The molecule has 180 valence electrons. The predicted octanol–water partition coefficient (Wildman–Crippen LogP) is 4.32. The molecule has 2 aliphatic rings. The third-order valence-electron chi connectivity index (χ3n) is 6.49. The van der Waals surface area contributed by atoms with Gasteiger partial charge in [-0.1, -0.05) is 68.8 Å². The molecule has 34 heavy (non-hydrogen) atoms. The quantitative estimate of drug-likeness (QED) is 0.582. The second-order valence-corrected chi connectivity index (χ2v) is 9.99. The van der Waals surface area contributed by atoms with E-state index in [0.29, 0.717) is 5.75 Å². The first-order valence-electron chi connectivity index (χ1n) is 11.7. The minimum atomic E-state index is -0.990. The molecule has 2 aromatic rings. The molecule has 2 N–H and O–H groups in total. The summed E-state index contributed by atoms with van der Waals surface area (Å²) in [7, 11) is 0. The van der Waals surface area contributed by atoms with Gasteiger partial charge in [0, 0.05) is 18.2 Å². The highest BCUT2D eigenvalue weighted by Gasteiger charge is 2.42. The Hall–Kier alpha value is -3.00. The van der Waals surface area contributed by atoms with Crippen molar-refractivity contribution < 1.29 is 24.2 Å². The van der Waals surface area contributed by atoms with Gasteiger partial charge in [-0.3, -0.25) is 4.79 Å². The van der Waals surface area contributed by atoms with Crippen LogP contribution in [0.25, 0.3) is 11.1 Å². The van der Waals surface area contributed by atoms with E-state index in [1.807, 2.05) is 31.2 Å². The molecule has 1 aliphatic heterocycles. The van der Waals surface area contributed by atoms with Gasteiger partial charge in [-0.15, -0.1) is 11.8 Å². The Kier molecular flexibility index (Phi) is 7.46. The SMILES string of the molecule is CCCC1SCC(C(=O)O)N1C(=O)C(C)CNC(=O)OCC1c2ccccc2-c2ccccc21. The zero-order valence-electron chi connectivity index (χ0n) is 19.4. The number of carboxylic acid groups (broad SMARTS) is 1. The standard InChI is InChI=1S/C26H30N2O5S/c1-3-8-23-28(22(15-34-23)25(30)31)24(29)16(2)13-27-26(32)33-14-21-19-11-6-4-9-17(19)18-10-5-7-12-20(18)21/h4-7,9-12,16,21-23H,3,8,13-15H2,1-2H3,(H,27,32)(H,30,31). The first-order chi connectivity index (χ1) is 16.4. The van der Waals surface area contributed by atoms with Gasteiger partial charge in [-0.2, -0.15) is 0 Å². The average Bonchev–Trinajstić information content (AvgIpc) is 3.40. The fraction of sp³-hybridized carbons (Fsp3) is 0.423. The van der Waals surface area contributed by atoms with E-state index in [2.05, 4.69) is 29.6 Å². The summed E-state index contributed by atoms with van der Waals surface area (Å²) in [5.74, 6) is -1.45. The first kappa shape index (κ1) is 24.1. The van der Waals surface area contributed by atoms with Crippen LogP contribution in [0, 0.1) is 5.92 Å². The van der Waals surface area contributed by atoms with Gasteiger partial charge >= 0.3 is 12.1 Å². The number of hydrogen-bond donors (Lipinski definition) is 2. The van der Waals surface area contributed by atoms with Crippen molar-refractivity contribution in [3.63, 3.8) is 0 Å². The Bertz CT molecular complexity index is 1030. The largest absolute Gasteiger partial charge is 0.480 e. The van der Waals surface area contributed by atoms with Gasteiger partial charge in [0.25, 0.3) is 0 Å². The van der Waals surface area contributed by atoms with Crippen molar-refractivity contribution in [3.8, 4) is 11.1 Å². The van der Waals surface area contributed by atoms with Gasteiger partial charge in [0.1, 0.15) is 12.6 Å². The number of carboxylic acids is 1. The minimum absolute atomic E-state index is 0.0371. The molecule has 4 rings (SSSR count). The summed E-state index contributed by atoms with van der Waals surface area (Å²) >= 11 is 1.50. The molecule has 8 heteroatoms. The zero-order valence-corrected chi connectivity index (χ0v) is 20.2. The number of hydrogen-bond acceptors (Lipinski definition) is 5. The Morgan fingerprint density at radius 2 is 1.74 bits per heavy atom. The second kappa shape index (κ2) is 10.5. The van der Waals surface area contributed by atoms with Crippen LogP contribution in [-0.2, 0) is 14.3 Å². The number of amides is 2. The summed E-state index contributed by atoms with van der Waals surface area (Å²) in [6.45, 7) is 4.00. The van der Waals surface area contributed by atoms with Crippen molar-refractivity contribution in [3.05, 3.63) is 59.7 Å². The zero-order chi connectivity index (χ0) is 24.2.